The normalized spacial score (nSPS) is 12.9. The number of amides is 1. The minimum Gasteiger partial charge on any atom is -0.469 e. The number of carbonyl (C=O) groups excluding carboxylic acids is 1. The number of hydrogen-bond acceptors (Lipinski definition) is 3. The van der Waals surface area contributed by atoms with Crippen LogP contribution in [0, 0.1) is 12.8 Å². The van der Waals surface area contributed by atoms with E-state index in [-0.39, 0.29) is 5.91 Å². The molecule has 1 N–H and O–H groups in total. The zero-order valence-electron chi connectivity index (χ0n) is 13.4. The molecular formula is C16H28N2O2. The minimum absolute atomic E-state index is 0.0443. The Morgan fingerprint density at radius 3 is 2.45 bits per heavy atom. The quantitative estimate of drug-likeness (QED) is 0.796. The first-order valence-electron chi connectivity index (χ1n) is 7.55. The SMILES string of the molecule is CCN(CC)C(CNC(=O)c1ccoc1C)CC(C)C. The van der Waals surface area contributed by atoms with Crippen molar-refractivity contribution in [2.24, 2.45) is 5.92 Å². The molecule has 1 heterocycles. The standard InChI is InChI=1S/C16H28N2O2/c1-6-18(7-2)14(10-12(3)4)11-17-16(19)15-8-9-20-13(15)5/h8-9,12,14H,6-7,10-11H2,1-5H3,(H,17,19). The zero-order chi connectivity index (χ0) is 15.1. The number of nitrogens with zero attached hydrogens (tertiary/aromatic N) is 1. The second kappa shape index (κ2) is 8.10. The largest absolute Gasteiger partial charge is 0.469 e. The maximum atomic E-state index is 12.1. The lowest BCUT2D eigenvalue weighted by atomic mass is 10.0. The zero-order valence-corrected chi connectivity index (χ0v) is 13.4. The molecule has 20 heavy (non-hydrogen) atoms. The summed E-state index contributed by atoms with van der Waals surface area (Å²) < 4.78 is 5.18. The van der Waals surface area contributed by atoms with E-state index >= 15 is 0 Å². The number of furan rings is 1. The average Bonchev–Trinajstić information content (AvgIpc) is 2.82. The summed E-state index contributed by atoms with van der Waals surface area (Å²) in [7, 11) is 0. The highest BCUT2D eigenvalue weighted by molar-refractivity contribution is 5.95. The summed E-state index contributed by atoms with van der Waals surface area (Å²) >= 11 is 0. The molecule has 0 bridgehead atoms. The summed E-state index contributed by atoms with van der Waals surface area (Å²) in [5.41, 5.74) is 0.632. The smallest absolute Gasteiger partial charge is 0.254 e. The Bertz CT molecular complexity index is 408. The van der Waals surface area contributed by atoms with Gasteiger partial charge in [0.25, 0.3) is 5.91 Å². The monoisotopic (exact) mass is 280 g/mol. The van der Waals surface area contributed by atoms with Crippen LogP contribution in [0.4, 0.5) is 0 Å². The molecule has 0 aromatic carbocycles. The molecular weight excluding hydrogens is 252 g/mol. The van der Waals surface area contributed by atoms with Crippen LogP contribution in [0.1, 0.15) is 50.2 Å². The predicted octanol–water partition coefficient (Wildman–Crippen LogP) is 3.07. The van der Waals surface area contributed by atoms with Crippen molar-refractivity contribution in [1.82, 2.24) is 10.2 Å². The summed E-state index contributed by atoms with van der Waals surface area (Å²) in [6.45, 7) is 13.3. The molecule has 0 radical (unpaired) electrons. The van der Waals surface area contributed by atoms with Gasteiger partial charge in [0.05, 0.1) is 11.8 Å². The molecule has 1 aromatic heterocycles. The Balaban J connectivity index is 2.61. The van der Waals surface area contributed by atoms with Crippen LogP contribution in [0.15, 0.2) is 16.7 Å². The van der Waals surface area contributed by atoms with Crippen LogP contribution in [-0.4, -0.2) is 36.5 Å². The lowest BCUT2D eigenvalue weighted by Gasteiger charge is -2.31. The topological polar surface area (TPSA) is 45.5 Å². The van der Waals surface area contributed by atoms with Gasteiger partial charge in [-0.25, -0.2) is 0 Å². The van der Waals surface area contributed by atoms with E-state index in [1.807, 2.05) is 6.92 Å². The first-order chi connectivity index (χ1) is 9.49. The van der Waals surface area contributed by atoms with E-state index in [1.165, 1.54) is 0 Å². The first kappa shape index (κ1) is 16.8. The molecule has 1 atom stereocenters. The fourth-order valence-corrected chi connectivity index (χ4v) is 2.57. The van der Waals surface area contributed by atoms with Gasteiger partial charge in [-0.3, -0.25) is 9.69 Å². The number of rotatable bonds is 8. The average molecular weight is 280 g/mol. The van der Waals surface area contributed by atoms with E-state index in [4.69, 9.17) is 4.42 Å². The Kier molecular flexibility index (Phi) is 6.79. The van der Waals surface area contributed by atoms with Crippen LogP contribution in [0.25, 0.3) is 0 Å². The Labute approximate surface area is 122 Å². The molecule has 114 valence electrons. The molecule has 0 spiro atoms. The lowest BCUT2D eigenvalue weighted by molar-refractivity contribution is 0.0927. The van der Waals surface area contributed by atoms with E-state index in [2.05, 4.69) is 37.9 Å². The number of nitrogens with one attached hydrogen (secondary N) is 1. The molecule has 0 aliphatic rings. The molecule has 1 unspecified atom stereocenters. The minimum atomic E-state index is -0.0443. The summed E-state index contributed by atoms with van der Waals surface area (Å²) in [6.07, 6.45) is 2.65. The highest BCUT2D eigenvalue weighted by Gasteiger charge is 2.19. The van der Waals surface area contributed by atoms with Gasteiger partial charge in [0.15, 0.2) is 0 Å². The molecule has 0 saturated heterocycles. The van der Waals surface area contributed by atoms with Crippen molar-refractivity contribution in [2.45, 2.75) is 47.1 Å². The van der Waals surface area contributed by atoms with E-state index in [1.54, 1.807) is 12.3 Å². The second-order valence-corrected chi connectivity index (χ2v) is 5.61. The molecule has 4 heteroatoms. The van der Waals surface area contributed by atoms with Crippen molar-refractivity contribution in [3.8, 4) is 0 Å². The van der Waals surface area contributed by atoms with Crippen molar-refractivity contribution >= 4 is 5.91 Å². The van der Waals surface area contributed by atoms with Gasteiger partial charge in [-0.15, -0.1) is 0 Å². The molecule has 0 saturated carbocycles. The van der Waals surface area contributed by atoms with Crippen LogP contribution in [0.3, 0.4) is 0 Å². The van der Waals surface area contributed by atoms with E-state index in [9.17, 15) is 4.79 Å². The summed E-state index contributed by atoms with van der Waals surface area (Å²) in [5.74, 6) is 1.25. The van der Waals surface area contributed by atoms with Crippen molar-refractivity contribution in [3.05, 3.63) is 23.7 Å². The van der Waals surface area contributed by atoms with Gasteiger partial charge in [-0.1, -0.05) is 27.7 Å². The van der Waals surface area contributed by atoms with E-state index in [0.717, 1.165) is 19.5 Å². The van der Waals surface area contributed by atoms with E-state index < -0.39 is 0 Å². The van der Waals surface area contributed by atoms with E-state index in [0.29, 0.717) is 29.8 Å². The van der Waals surface area contributed by atoms with Crippen LogP contribution in [0.2, 0.25) is 0 Å². The Morgan fingerprint density at radius 2 is 2.00 bits per heavy atom. The number of aryl methyl sites for hydroxylation is 1. The van der Waals surface area contributed by atoms with Gasteiger partial charge in [0, 0.05) is 12.6 Å². The first-order valence-corrected chi connectivity index (χ1v) is 7.55. The van der Waals surface area contributed by atoms with Gasteiger partial charge < -0.3 is 9.73 Å². The third-order valence-electron chi connectivity index (χ3n) is 3.67. The highest BCUT2D eigenvalue weighted by atomic mass is 16.3. The maximum absolute atomic E-state index is 12.1. The maximum Gasteiger partial charge on any atom is 0.254 e. The van der Waals surface area contributed by atoms with Crippen LogP contribution < -0.4 is 5.32 Å². The third-order valence-corrected chi connectivity index (χ3v) is 3.67. The number of carbonyl (C=O) groups is 1. The van der Waals surface area contributed by atoms with Gasteiger partial charge in [-0.2, -0.15) is 0 Å². The molecule has 0 aliphatic carbocycles. The summed E-state index contributed by atoms with van der Waals surface area (Å²) in [4.78, 5) is 14.5. The fourth-order valence-electron chi connectivity index (χ4n) is 2.57. The van der Waals surface area contributed by atoms with Gasteiger partial charge in [-0.05, 0) is 38.4 Å². The molecule has 1 rings (SSSR count). The van der Waals surface area contributed by atoms with Crippen LogP contribution in [0.5, 0.6) is 0 Å². The molecule has 0 fully saturated rings. The fraction of sp³-hybridized carbons (Fsp3) is 0.688. The molecule has 1 aromatic rings. The summed E-state index contributed by atoms with van der Waals surface area (Å²) in [5, 5.41) is 3.04. The molecule has 1 amide bonds. The number of likely N-dealkylation sites (N-methyl/N-ethyl adjacent to an activating group) is 1. The predicted molar refractivity (Wildman–Crippen MR) is 81.9 cm³/mol. The lowest BCUT2D eigenvalue weighted by Crippen LogP contribution is -2.44. The summed E-state index contributed by atoms with van der Waals surface area (Å²) in [6, 6.07) is 2.11. The second-order valence-electron chi connectivity index (χ2n) is 5.61. The third kappa shape index (κ3) is 4.67. The van der Waals surface area contributed by atoms with Crippen molar-refractivity contribution in [2.75, 3.05) is 19.6 Å². The van der Waals surface area contributed by atoms with Crippen molar-refractivity contribution in [3.63, 3.8) is 0 Å². The Hall–Kier alpha value is -1.29. The van der Waals surface area contributed by atoms with Crippen molar-refractivity contribution < 1.29 is 9.21 Å². The van der Waals surface area contributed by atoms with Crippen LogP contribution >= 0.6 is 0 Å². The van der Waals surface area contributed by atoms with Gasteiger partial charge in [0.1, 0.15) is 5.76 Å². The Morgan fingerprint density at radius 1 is 1.35 bits per heavy atom. The van der Waals surface area contributed by atoms with Crippen molar-refractivity contribution in [1.29, 1.82) is 0 Å². The molecule has 0 aliphatic heterocycles. The highest BCUT2D eigenvalue weighted by Crippen LogP contribution is 2.12. The van der Waals surface area contributed by atoms with Gasteiger partial charge in [0.2, 0.25) is 0 Å². The van der Waals surface area contributed by atoms with Crippen LogP contribution in [-0.2, 0) is 0 Å². The van der Waals surface area contributed by atoms with Gasteiger partial charge >= 0.3 is 0 Å². The number of hydrogen-bond donors (Lipinski definition) is 1. The molecule has 4 nitrogen and oxygen atoms in total.